The SMILES string of the molecule is CC1=CC=NN2C(c3ccnc(NCC(C)(C)C)c3)=C(c3cccc(C)c3)NC12. The molecule has 4 rings (SSSR count). The highest BCUT2D eigenvalue weighted by Crippen LogP contribution is 2.38. The van der Waals surface area contributed by atoms with Crippen LogP contribution in [0.4, 0.5) is 5.82 Å². The molecule has 0 fully saturated rings. The van der Waals surface area contributed by atoms with E-state index in [0.717, 1.165) is 29.3 Å². The molecule has 150 valence electrons. The molecule has 0 saturated carbocycles. The molecule has 0 bridgehead atoms. The van der Waals surface area contributed by atoms with Crippen LogP contribution >= 0.6 is 0 Å². The zero-order valence-corrected chi connectivity index (χ0v) is 17.8. The maximum atomic E-state index is 4.68. The average molecular weight is 388 g/mol. The number of hydrazone groups is 1. The fourth-order valence-electron chi connectivity index (χ4n) is 3.58. The second-order valence-corrected chi connectivity index (χ2v) is 9.00. The predicted octanol–water partition coefficient (Wildman–Crippen LogP) is 4.85. The van der Waals surface area contributed by atoms with Crippen LogP contribution in [-0.2, 0) is 0 Å². The molecule has 29 heavy (non-hydrogen) atoms. The van der Waals surface area contributed by atoms with Gasteiger partial charge in [0.25, 0.3) is 0 Å². The van der Waals surface area contributed by atoms with Gasteiger partial charge in [-0.1, -0.05) is 44.5 Å². The largest absolute Gasteiger partial charge is 0.370 e. The van der Waals surface area contributed by atoms with Crippen LogP contribution < -0.4 is 10.6 Å². The van der Waals surface area contributed by atoms with Gasteiger partial charge in [-0.25, -0.2) is 9.99 Å². The molecule has 5 heteroatoms. The van der Waals surface area contributed by atoms with Crippen molar-refractivity contribution in [3.63, 3.8) is 0 Å². The molecule has 2 aliphatic heterocycles. The minimum absolute atomic E-state index is 0.0321. The average Bonchev–Trinajstić information content (AvgIpc) is 3.07. The molecule has 1 unspecified atom stereocenters. The zero-order chi connectivity index (χ0) is 20.6. The summed E-state index contributed by atoms with van der Waals surface area (Å²) in [4.78, 5) is 4.52. The molecule has 1 aromatic heterocycles. The molecule has 3 heterocycles. The number of aryl methyl sites for hydroxylation is 1. The second kappa shape index (κ2) is 7.39. The van der Waals surface area contributed by atoms with Gasteiger partial charge in [0.1, 0.15) is 12.0 Å². The first-order valence-electron chi connectivity index (χ1n) is 10.1. The summed E-state index contributed by atoms with van der Waals surface area (Å²) >= 11 is 0. The first-order valence-corrected chi connectivity index (χ1v) is 10.1. The van der Waals surface area contributed by atoms with Gasteiger partial charge in [-0.15, -0.1) is 0 Å². The molecular formula is C24H29N5. The maximum absolute atomic E-state index is 4.68. The number of nitrogens with zero attached hydrogens (tertiary/aromatic N) is 3. The fraction of sp³-hybridized carbons (Fsp3) is 0.333. The molecule has 2 N–H and O–H groups in total. The highest BCUT2D eigenvalue weighted by Gasteiger charge is 2.35. The van der Waals surface area contributed by atoms with Gasteiger partial charge < -0.3 is 10.6 Å². The van der Waals surface area contributed by atoms with Crippen LogP contribution in [0.5, 0.6) is 0 Å². The summed E-state index contributed by atoms with van der Waals surface area (Å²) in [7, 11) is 0. The van der Waals surface area contributed by atoms with Gasteiger partial charge in [0.05, 0.1) is 11.4 Å². The topological polar surface area (TPSA) is 52.6 Å². The van der Waals surface area contributed by atoms with Gasteiger partial charge in [0.2, 0.25) is 0 Å². The lowest BCUT2D eigenvalue weighted by Gasteiger charge is -2.27. The standard InChI is InChI=1S/C24H29N5/c1-16-7-6-8-18(13-16)21-22(29-23(28-21)17(2)9-12-27-29)19-10-11-25-20(14-19)26-15-24(3,4)5/h6-14,23,28H,15H2,1-5H3,(H,25,26). The number of allylic oxidation sites excluding steroid dienone is 1. The summed E-state index contributed by atoms with van der Waals surface area (Å²) in [5, 5.41) is 13.9. The number of aromatic nitrogens is 1. The first kappa shape index (κ1) is 19.2. The third kappa shape index (κ3) is 4.04. The van der Waals surface area contributed by atoms with Crippen LogP contribution in [-0.4, -0.2) is 28.9 Å². The number of rotatable bonds is 4. The molecule has 0 saturated heterocycles. The van der Waals surface area contributed by atoms with E-state index in [2.05, 4.69) is 103 Å². The Hall–Kier alpha value is -3.08. The van der Waals surface area contributed by atoms with Gasteiger partial charge in [-0.2, -0.15) is 5.10 Å². The number of benzene rings is 1. The smallest absolute Gasteiger partial charge is 0.143 e. The van der Waals surface area contributed by atoms with E-state index in [-0.39, 0.29) is 11.6 Å². The Kier molecular flexibility index (Phi) is 4.91. The van der Waals surface area contributed by atoms with Crippen LogP contribution in [0.3, 0.4) is 0 Å². The minimum atomic E-state index is 0.0321. The lowest BCUT2D eigenvalue weighted by atomic mass is 9.97. The molecule has 1 aromatic carbocycles. The monoisotopic (exact) mass is 387 g/mol. The van der Waals surface area contributed by atoms with E-state index in [1.807, 2.05) is 12.4 Å². The van der Waals surface area contributed by atoms with E-state index < -0.39 is 0 Å². The van der Waals surface area contributed by atoms with E-state index in [1.54, 1.807) is 0 Å². The normalized spacial score (nSPS) is 18.4. The Bertz CT molecular complexity index is 1010. The molecule has 0 spiro atoms. The number of fused-ring (bicyclic) bond motifs is 1. The Balaban J connectivity index is 1.78. The van der Waals surface area contributed by atoms with Crippen LogP contribution in [0, 0.1) is 12.3 Å². The number of anilines is 1. The Labute approximate surface area is 173 Å². The molecule has 0 aliphatic carbocycles. The summed E-state index contributed by atoms with van der Waals surface area (Å²) < 4.78 is 0. The van der Waals surface area contributed by atoms with Crippen molar-refractivity contribution < 1.29 is 0 Å². The molecule has 2 aliphatic rings. The van der Waals surface area contributed by atoms with Crippen molar-refractivity contribution in [2.24, 2.45) is 10.5 Å². The lowest BCUT2D eigenvalue weighted by Crippen LogP contribution is -2.36. The lowest BCUT2D eigenvalue weighted by molar-refractivity contribution is 0.342. The summed E-state index contributed by atoms with van der Waals surface area (Å²) in [6, 6.07) is 12.8. The molecule has 0 amide bonds. The highest BCUT2D eigenvalue weighted by atomic mass is 15.5. The Morgan fingerprint density at radius 2 is 1.93 bits per heavy atom. The van der Waals surface area contributed by atoms with Gasteiger partial charge in [-0.05, 0) is 49.1 Å². The molecule has 2 aromatic rings. The van der Waals surface area contributed by atoms with Crippen LogP contribution in [0.25, 0.3) is 11.4 Å². The van der Waals surface area contributed by atoms with E-state index in [1.165, 1.54) is 16.7 Å². The number of pyridine rings is 1. The zero-order valence-electron chi connectivity index (χ0n) is 17.8. The van der Waals surface area contributed by atoms with Gasteiger partial charge in [0, 0.05) is 30.1 Å². The van der Waals surface area contributed by atoms with Crippen molar-refractivity contribution in [1.29, 1.82) is 0 Å². The van der Waals surface area contributed by atoms with Crippen molar-refractivity contribution in [3.05, 3.63) is 70.9 Å². The van der Waals surface area contributed by atoms with Gasteiger partial charge in [0.15, 0.2) is 0 Å². The molecular weight excluding hydrogens is 358 g/mol. The van der Waals surface area contributed by atoms with Gasteiger partial charge >= 0.3 is 0 Å². The van der Waals surface area contributed by atoms with Gasteiger partial charge in [-0.3, -0.25) is 0 Å². The van der Waals surface area contributed by atoms with Crippen molar-refractivity contribution >= 4 is 23.4 Å². The quantitative estimate of drug-likeness (QED) is 0.787. The van der Waals surface area contributed by atoms with E-state index in [4.69, 9.17) is 0 Å². The third-order valence-corrected chi connectivity index (χ3v) is 5.09. The number of nitrogens with one attached hydrogen (secondary N) is 2. The van der Waals surface area contributed by atoms with Crippen LogP contribution in [0.1, 0.15) is 44.4 Å². The predicted molar refractivity (Wildman–Crippen MR) is 121 cm³/mol. The van der Waals surface area contributed by atoms with Crippen molar-refractivity contribution in [1.82, 2.24) is 15.3 Å². The third-order valence-electron chi connectivity index (χ3n) is 5.09. The summed E-state index contributed by atoms with van der Waals surface area (Å²) in [5.74, 6) is 0.880. The highest BCUT2D eigenvalue weighted by molar-refractivity contribution is 5.93. The van der Waals surface area contributed by atoms with E-state index >= 15 is 0 Å². The van der Waals surface area contributed by atoms with E-state index in [9.17, 15) is 0 Å². The minimum Gasteiger partial charge on any atom is -0.370 e. The summed E-state index contributed by atoms with van der Waals surface area (Å²) in [5.41, 5.74) is 7.08. The summed E-state index contributed by atoms with van der Waals surface area (Å²) in [6.45, 7) is 11.8. The van der Waals surface area contributed by atoms with Crippen molar-refractivity contribution in [2.45, 2.75) is 40.8 Å². The molecule has 0 radical (unpaired) electrons. The second-order valence-electron chi connectivity index (χ2n) is 9.00. The summed E-state index contributed by atoms with van der Waals surface area (Å²) in [6.07, 6.45) is 5.83. The van der Waals surface area contributed by atoms with Crippen LogP contribution in [0.2, 0.25) is 0 Å². The van der Waals surface area contributed by atoms with E-state index in [0.29, 0.717) is 0 Å². The van der Waals surface area contributed by atoms with Crippen molar-refractivity contribution in [3.8, 4) is 0 Å². The fourth-order valence-corrected chi connectivity index (χ4v) is 3.58. The van der Waals surface area contributed by atoms with Crippen LogP contribution in [0.15, 0.2) is 59.3 Å². The maximum Gasteiger partial charge on any atom is 0.143 e. The molecule has 1 atom stereocenters. The Morgan fingerprint density at radius 3 is 2.69 bits per heavy atom. The van der Waals surface area contributed by atoms with Crippen molar-refractivity contribution in [2.75, 3.05) is 11.9 Å². The number of hydrogen-bond acceptors (Lipinski definition) is 5. The molecule has 5 nitrogen and oxygen atoms in total. The first-order chi connectivity index (χ1) is 13.8. The number of hydrogen-bond donors (Lipinski definition) is 2. The Morgan fingerprint density at radius 1 is 1.10 bits per heavy atom.